The van der Waals surface area contributed by atoms with Gasteiger partial charge in [-0.3, -0.25) is 25.0 Å². The van der Waals surface area contributed by atoms with E-state index in [4.69, 9.17) is 16.7 Å². The number of sulfonamides is 1. The van der Waals surface area contributed by atoms with Crippen molar-refractivity contribution in [3.05, 3.63) is 72.8 Å². The second-order valence-corrected chi connectivity index (χ2v) is 7.15. The molecule has 0 saturated carbocycles. The van der Waals surface area contributed by atoms with E-state index in [-0.39, 0.29) is 11.4 Å². The van der Waals surface area contributed by atoms with E-state index in [1.807, 2.05) is 0 Å². The van der Waals surface area contributed by atoms with Gasteiger partial charge in [-0.2, -0.15) is 0 Å². The number of rotatable bonds is 6. The molecule has 2 aromatic rings. The van der Waals surface area contributed by atoms with Gasteiger partial charge in [-0.15, -0.1) is 0 Å². The molecule has 11 nitrogen and oxygen atoms in total. The van der Waals surface area contributed by atoms with Crippen LogP contribution in [0.15, 0.2) is 41.3 Å². The molecule has 13 heteroatoms. The number of hydrogen-bond donors (Lipinski definition) is 2. The zero-order valence-corrected chi connectivity index (χ0v) is 14.9. The van der Waals surface area contributed by atoms with Crippen LogP contribution in [0.5, 0.6) is 0 Å². The minimum Gasteiger partial charge on any atom is -0.348 e. The number of benzene rings is 2. The number of non-ortho nitro benzene ring substituents is 1. The number of nitro benzene ring substituents is 2. The van der Waals surface area contributed by atoms with Crippen LogP contribution in [0.1, 0.15) is 15.9 Å². The first-order chi connectivity index (χ1) is 12.5. The van der Waals surface area contributed by atoms with Gasteiger partial charge in [-0.05, 0) is 17.7 Å². The van der Waals surface area contributed by atoms with E-state index in [1.165, 1.54) is 24.3 Å². The number of nitro groups is 2. The minimum atomic E-state index is -3.86. The molecule has 2 rings (SSSR count). The molecule has 142 valence electrons. The number of halogens is 1. The molecule has 0 spiro atoms. The van der Waals surface area contributed by atoms with Gasteiger partial charge < -0.3 is 5.32 Å². The van der Waals surface area contributed by atoms with Gasteiger partial charge in [0.2, 0.25) is 10.0 Å². The number of hydrogen-bond acceptors (Lipinski definition) is 7. The third-order valence-corrected chi connectivity index (χ3v) is 4.72. The fourth-order valence-corrected chi connectivity index (χ4v) is 2.85. The van der Waals surface area contributed by atoms with Crippen LogP contribution in [0.4, 0.5) is 11.4 Å². The van der Waals surface area contributed by atoms with Crippen LogP contribution in [0.2, 0.25) is 5.02 Å². The molecule has 0 atom stereocenters. The summed E-state index contributed by atoms with van der Waals surface area (Å²) in [6, 6.07) is 6.76. The van der Waals surface area contributed by atoms with Gasteiger partial charge in [0.05, 0.1) is 26.4 Å². The monoisotopic (exact) mass is 414 g/mol. The molecule has 0 aliphatic rings. The Balaban J connectivity index is 2.25. The average molecular weight is 415 g/mol. The van der Waals surface area contributed by atoms with Crippen LogP contribution in [0.3, 0.4) is 0 Å². The Hall–Kier alpha value is -3.09. The third-order valence-electron chi connectivity index (χ3n) is 3.40. The van der Waals surface area contributed by atoms with Crippen LogP contribution in [0.25, 0.3) is 0 Å². The number of carbonyl (C=O) groups excluding carboxylic acids is 1. The first-order valence-electron chi connectivity index (χ1n) is 7.03. The second kappa shape index (κ2) is 7.65. The van der Waals surface area contributed by atoms with Gasteiger partial charge in [0.25, 0.3) is 17.3 Å². The summed E-state index contributed by atoms with van der Waals surface area (Å²) in [6.45, 7) is -0.0868. The Bertz CT molecular complexity index is 1040. The fourth-order valence-electron chi connectivity index (χ4n) is 2.07. The van der Waals surface area contributed by atoms with E-state index in [9.17, 15) is 33.4 Å². The van der Waals surface area contributed by atoms with Gasteiger partial charge in [-0.25, -0.2) is 13.6 Å². The third kappa shape index (κ3) is 4.75. The van der Waals surface area contributed by atoms with Gasteiger partial charge in [0.15, 0.2) is 0 Å². The van der Waals surface area contributed by atoms with E-state index in [1.54, 1.807) is 0 Å². The highest BCUT2D eigenvalue weighted by molar-refractivity contribution is 7.89. The number of carbonyl (C=O) groups is 1. The van der Waals surface area contributed by atoms with Crippen LogP contribution >= 0.6 is 11.6 Å². The van der Waals surface area contributed by atoms with Crippen molar-refractivity contribution in [2.45, 2.75) is 11.4 Å². The molecular weight excluding hydrogens is 404 g/mol. The normalized spacial score (nSPS) is 11.0. The Kier molecular flexibility index (Phi) is 5.73. The quantitative estimate of drug-likeness (QED) is 0.534. The standard InChI is InChI=1S/C14H11ClN4O7S/c15-13-11(5-9(18(21)22)6-12(13)19(23)24)14(20)17-7-8-1-3-10(4-2-8)27(16,25)26/h1-6H,7H2,(H,17,20)(H2,16,25,26). The molecule has 3 N–H and O–H groups in total. The summed E-state index contributed by atoms with van der Waals surface area (Å²) in [6.07, 6.45) is 0. The highest BCUT2D eigenvalue weighted by Gasteiger charge is 2.26. The molecule has 0 saturated heterocycles. The first kappa shape index (κ1) is 20.2. The predicted molar refractivity (Wildman–Crippen MR) is 93.7 cm³/mol. The van der Waals surface area contributed by atoms with E-state index >= 15 is 0 Å². The predicted octanol–water partition coefficient (Wildman–Crippen LogP) is 1.73. The van der Waals surface area contributed by atoms with Crippen molar-refractivity contribution in [2.24, 2.45) is 5.14 Å². The number of nitrogens with zero attached hydrogens (tertiary/aromatic N) is 2. The Morgan fingerprint density at radius 2 is 1.70 bits per heavy atom. The van der Waals surface area contributed by atoms with E-state index in [0.717, 1.165) is 6.07 Å². The van der Waals surface area contributed by atoms with Crippen LogP contribution in [-0.2, 0) is 16.6 Å². The molecule has 0 bridgehead atoms. The van der Waals surface area contributed by atoms with Crippen LogP contribution < -0.4 is 10.5 Å². The molecule has 0 unspecified atom stereocenters. The van der Waals surface area contributed by atoms with Crippen molar-refractivity contribution in [3.63, 3.8) is 0 Å². The van der Waals surface area contributed by atoms with Crippen LogP contribution in [0, 0.1) is 20.2 Å². The highest BCUT2D eigenvalue weighted by Crippen LogP contribution is 2.32. The molecule has 2 aromatic carbocycles. The Labute approximate surface area is 157 Å². The SMILES string of the molecule is NS(=O)(=O)c1ccc(CNC(=O)c2cc([N+](=O)[O-])cc([N+](=O)[O-])c2Cl)cc1. The Morgan fingerprint density at radius 3 is 2.19 bits per heavy atom. The lowest BCUT2D eigenvalue weighted by molar-refractivity contribution is -0.394. The Morgan fingerprint density at radius 1 is 1.11 bits per heavy atom. The molecular formula is C14H11ClN4O7S. The van der Waals surface area contributed by atoms with E-state index < -0.39 is 47.7 Å². The lowest BCUT2D eigenvalue weighted by atomic mass is 10.1. The van der Waals surface area contributed by atoms with Crippen molar-refractivity contribution in [1.29, 1.82) is 0 Å². The number of nitrogens with one attached hydrogen (secondary N) is 1. The topological polar surface area (TPSA) is 176 Å². The molecule has 1 amide bonds. The lowest BCUT2D eigenvalue weighted by Crippen LogP contribution is -2.23. The zero-order chi connectivity index (χ0) is 20.4. The van der Waals surface area contributed by atoms with Crippen molar-refractivity contribution in [2.75, 3.05) is 0 Å². The molecule has 0 aliphatic heterocycles. The summed E-state index contributed by atoms with van der Waals surface area (Å²) >= 11 is 5.82. The fraction of sp³-hybridized carbons (Fsp3) is 0.0714. The maximum absolute atomic E-state index is 12.3. The summed E-state index contributed by atoms with van der Waals surface area (Å²) < 4.78 is 22.4. The van der Waals surface area contributed by atoms with E-state index in [2.05, 4.69) is 5.32 Å². The molecule has 0 fully saturated rings. The summed E-state index contributed by atoms with van der Waals surface area (Å²) in [5, 5.41) is 28.7. The lowest BCUT2D eigenvalue weighted by Gasteiger charge is -2.08. The number of amides is 1. The molecule has 27 heavy (non-hydrogen) atoms. The smallest absolute Gasteiger partial charge is 0.295 e. The summed E-state index contributed by atoms with van der Waals surface area (Å²) in [7, 11) is -3.86. The second-order valence-electron chi connectivity index (χ2n) is 5.21. The summed E-state index contributed by atoms with van der Waals surface area (Å²) in [5.74, 6) is -0.873. The molecule has 0 aliphatic carbocycles. The van der Waals surface area contributed by atoms with Gasteiger partial charge >= 0.3 is 0 Å². The molecule has 0 heterocycles. The number of nitrogens with two attached hydrogens (primary N) is 1. The maximum Gasteiger partial charge on any atom is 0.295 e. The highest BCUT2D eigenvalue weighted by atomic mass is 35.5. The van der Waals surface area contributed by atoms with Crippen molar-refractivity contribution in [3.8, 4) is 0 Å². The average Bonchev–Trinajstić information content (AvgIpc) is 2.59. The van der Waals surface area contributed by atoms with E-state index in [0.29, 0.717) is 11.6 Å². The zero-order valence-electron chi connectivity index (χ0n) is 13.3. The van der Waals surface area contributed by atoms with Gasteiger partial charge in [-0.1, -0.05) is 23.7 Å². The van der Waals surface area contributed by atoms with Crippen molar-refractivity contribution >= 4 is 38.9 Å². The minimum absolute atomic E-state index is 0.0868. The molecule has 0 aromatic heterocycles. The van der Waals surface area contributed by atoms with Crippen molar-refractivity contribution < 1.29 is 23.1 Å². The first-order valence-corrected chi connectivity index (χ1v) is 8.95. The largest absolute Gasteiger partial charge is 0.348 e. The number of primary sulfonamides is 1. The summed E-state index contributed by atoms with van der Waals surface area (Å²) in [4.78, 5) is 32.2. The van der Waals surface area contributed by atoms with Crippen LogP contribution in [-0.4, -0.2) is 24.2 Å². The maximum atomic E-state index is 12.3. The molecule has 0 radical (unpaired) electrons. The van der Waals surface area contributed by atoms with Gasteiger partial charge in [0, 0.05) is 12.6 Å². The van der Waals surface area contributed by atoms with Crippen molar-refractivity contribution in [1.82, 2.24) is 5.32 Å². The van der Waals surface area contributed by atoms with Gasteiger partial charge in [0.1, 0.15) is 5.02 Å². The summed E-state index contributed by atoms with van der Waals surface area (Å²) in [5.41, 5.74) is -1.37.